The Morgan fingerprint density at radius 1 is 1.33 bits per heavy atom. The molecule has 2 aromatic heterocycles. The Kier molecular flexibility index (Phi) is 3.76. The van der Waals surface area contributed by atoms with Crippen molar-refractivity contribution >= 4 is 27.8 Å². The van der Waals surface area contributed by atoms with Crippen LogP contribution < -0.4 is 5.56 Å². The summed E-state index contributed by atoms with van der Waals surface area (Å²) in [5, 5.41) is 4.96. The molecule has 122 valence electrons. The number of halogens is 1. The molecule has 0 saturated heterocycles. The van der Waals surface area contributed by atoms with Gasteiger partial charge in [-0.2, -0.15) is 9.78 Å². The number of aromatic nitrogens is 2. The summed E-state index contributed by atoms with van der Waals surface area (Å²) < 4.78 is 14.6. The smallest absolute Gasteiger partial charge is 0.267 e. The van der Waals surface area contributed by atoms with Crippen LogP contribution in [0.3, 0.4) is 0 Å². The van der Waals surface area contributed by atoms with Crippen molar-refractivity contribution in [2.24, 2.45) is 5.10 Å². The maximum Gasteiger partial charge on any atom is 0.283 e. The Labute approximate surface area is 142 Å². The van der Waals surface area contributed by atoms with E-state index in [1.54, 1.807) is 30.4 Å². The highest BCUT2D eigenvalue weighted by molar-refractivity contribution is 7.18. The van der Waals surface area contributed by atoms with E-state index < -0.39 is 0 Å². The van der Waals surface area contributed by atoms with E-state index in [1.807, 2.05) is 0 Å². The van der Waals surface area contributed by atoms with Crippen molar-refractivity contribution in [2.45, 2.75) is 32.6 Å². The summed E-state index contributed by atoms with van der Waals surface area (Å²) in [5.41, 5.74) is 1.62. The Balaban J connectivity index is 1.85. The third-order valence-electron chi connectivity index (χ3n) is 4.30. The molecule has 0 saturated carbocycles. The molecule has 3 aromatic rings. The lowest BCUT2D eigenvalue weighted by Crippen LogP contribution is -2.21. The van der Waals surface area contributed by atoms with Gasteiger partial charge in [0.25, 0.3) is 5.56 Å². The number of rotatable bonds is 2. The molecule has 1 aliphatic carbocycles. The summed E-state index contributed by atoms with van der Waals surface area (Å²) in [7, 11) is 0. The normalized spacial score (nSPS) is 14.4. The monoisotopic (exact) mass is 341 g/mol. The van der Waals surface area contributed by atoms with Gasteiger partial charge >= 0.3 is 0 Å². The third kappa shape index (κ3) is 2.57. The van der Waals surface area contributed by atoms with Gasteiger partial charge in [0.15, 0.2) is 0 Å². The largest absolute Gasteiger partial charge is 0.283 e. The summed E-state index contributed by atoms with van der Waals surface area (Å²) in [6, 6.07) is 6.11. The first-order chi connectivity index (χ1) is 11.6. The Morgan fingerprint density at radius 3 is 3.00 bits per heavy atom. The van der Waals surface area contributed by atoms with E-state index in [0.717, 1.165) is 29.7 Å². The van der Waals surface area contributed by atoms with Crippen LogP contribution in [0.15, 0.2) is 34.2 Å². The molecule has 0 radical (unpaired) electrons. The highest BCUT2D eigenvalue weighted by atomic mass is 32.1. The zero-order chi connectivity index (χ0) is 16.7. The Morgan fingerprint density at radius 2 is 2.17 bits per heavy atom. The summed E-state index contributed by atoms with van der Waals surface area (Å²) in [5.74, 6) is 0.210. The van der Waals surface area contributed by atoms with Crippen molar-refractivity contribution in [3.05, 3.63) is 62.3 Å². The van der Waals surface area contributed by atoms with Crippen molar-refractivity contribution in [1.29, 1.82) is 0 Å². The molecule has 0 unspecified atom stereocenters. The van der Waals surface area contributed by atoms with Gasteiger partial charge in [0, 0.05) is 4.88 Å². The van der Waals surface area contributed by atoms with Gasteiger partial charge in [-0.3, -0.25) is 4.79 Å². The summed E-state index contributed by atoms with van der Waals surface area (Å²) in [6.45, 7) is 1.77. The maximum atomic E-state index is 13.3. The van der Waals surface area contributed by atoms with Crippen LogP contribution >= 0.6 is 11.3 Å². The molecule has 0 fully saturated rings. The van der Waals surface area contributed by atoms with E-state index in [2.05, 4.69) is 10.1 Å². The second-order valence-electron chi connectivity index (χ2n) is 5.97. The van der Waals surface area contributed by atoms with Crippen molar-refractivity contribution in [3.63, 3.8) is 0 Å². The maximum absolute atomic E-state index is 13.3. The number of benzene rings is 1. The molecule has 2 heterocycles. The van der Waals surface area contributed by atoms with Crippen LogP contribution in [0.5, 0.6) is 0 Å². The molecule has 1 aromatic carbocycles. The van der Waals surface area contributed by atoms with Gasteiger partial charge in [-0.15, -0.1) is 11.3 Å². The fourth-order valence-corrected chi connectivity index (χ4v) is 4.44. The molecule has 1 aliphatic rings. The Bertz CT molecular complexity index is 1020. The van der Waals surface area contributed by atoms with Crippen molar-refractivity contribution in [2.75, 3.05) is 0 Å². The number of fused-ring (bicyclic) bond motifs is 3. The summed E-state index contributed by atoms with van der Waals surface area (Å²) in [4.78, 5) is 19.6. The van der Waals surface area contributed by atoms with Gasteiger partial charge in [-0.1, -0.05) is 12.1 Å². The predicted molar refractivity (Wildman–Crippen MR) is 94.7 cm³/mol. The van der Waals surface area contributed by atoms with E-state index in [-0.39, 0.29) is 11.4 Å². The second-order valence-corrected chi connectivity index (χ2v) is 7.05. The van der Waals surface area contributed by atoms with Crippen molar-refractivity contribution in [1.82, 2.24) is 9.66 Å². The van der Waals surface area contributed by atoms with Gasteiger partial charge in [-0.05, 0) is 55.9 Å². The van der Waals surface area contributed by atoms with Crippen LogP contribution in [0, 0.1) is 12.7 Å². The van der Waals surface area contributed by atoms with Gasteiger partial charge in [0.05, 0.1) is 11.6 Å². The third-order valence-corrected chi connectivity index (χ3v) is 5.49. The molecule has 0 N–H and O–H groups in total. The predicted octanol–water partition coefficient (Wildman–Crippen LogP) is 3.67. The number of aryl methyl sites for hydroxylation is 3. The molecule has 4 rings (SSSR count). The van der Waals surface area contributed by atoms with E-state index in [9.17, 15) is 9.18 Å². The van der Waals surface area contributed by atoms with Crippen LogP contribution in [0.4, 0.5) is 4.39 Å². The van der Waals surface area contributed by atoms with E-state index in [4.69, 9.17) is 0 Å². The first kappa shape index (κ1) is 15.2. The first-order valence-electron chi connectivity index (χ1n) is 7.97. The standard InChI is InChI=1S/C18H16FN3OS/c1-11-21-17-16(14-7-2-3-8-15(14)24-17)18(23)22(11)20-10-12-5-4-6-13(19)9-12/h4-6,9-10H,2-3,7-8H2,1H3/b20-10-. The number of hydrogen-bond acceptors (Lipinski definition) is 4. The second kappa shape index (κ2) is 5.94. The van der Waals surface area contributed by atoms with Gasteiger partial charge in [0.2, 0.25) is 0 Å². The van der Waals surface area contributed by atoms with Crippen molar-refractivity contribution in [3.8, 4) is 0 Å². The zero-order valence-electron chi connectivity index (χ0n) is 13.3. The average molecular weight is 341 g/mol. The van der Waals surface area contributed by atoms with Crippen molar-refractivity contribution < 1.29 is 4.39 Å². The SMILES string of the molecule is Cc1nc2sc3c(c2c(=O)n1/N=C\c1cccc(F)c1)CCCC3. The quantitative estimate of drug-likeness (QED) is 0.668. The van der Waals surface area contributed by atoms with Crippen LogP contribution in [-0.4, -0.2) is 15.9 Å². The van der Waals surface area contributed by atoms with Crippen LogP contribution in [0.1, 0.15) is 34.7 Å². The lowest BCUT2D eigenvalue weighted by molar-refractivity contribution is 0.627. The highest BCUT2D eigenvalue weighted by Crippen LogP contribution is 2.33. The fourth-order valence-electron chi connectivity index (χ4n) is 3.15. The first-order valence-corrected chi connectivity index (χ1v) is 8.79. The molecule has 0 atom stereocenters. The number of hydrogen-bond donors (Lipinski definition) is 0. The number of thiophene rings is 1. The lowest BCUT2D eigenvalue weighted by atomic mass is 9.97. The van der Waals surface area contributed by atoms with Gasteiger partial charge in [0.1, 0.15) is 16.5 Å². The van der Waals surface area contributed by atoms with E-state index in [0.29, 0.717) is 16.8 Å². The van der Waals surface area contributed by atoms with E-state index >= 15 is 0 Å². The van der Waals surface area contributed by atoms with Gasteiger partial charge in [-0.25, -0.2) is 9.37 Å². The molecule has 0 bridgehead atoms. The highest BCUT2D eigenvalue weighted by Gasteiger charge is 2.20. The molecule has 6 heteroatoms. The molecular weight excluding hydrogens is 325 g/mol. The van der Waals surface area contributed by atoms with Crippen LogP contribution in [-0.2, 0) is 12.8 Å². The lowest BCUT2D eigenvalue weighted by Gasteiger charge is -2.10. The van der Waals surface area contributed by atoms with Crippen LogP contribution in [0.25, 0.3) is 10.2 Å². The topological polar surface area (TPSA) is 47.2 Å². The summed E-state index contributed by atoms with van der Waals surface area (Å²) in [6.07, 6.45) is 5.73. The fraction of sp³-hybridized carbons (Fsp3) is 0.278. The molecule has 4 nitrogen and oxygen atoms in total. The number of nitrogens with zero attached hydrogens (tertiary/aromatic N) is 3. The Hall–Kier alpha value is -2.34. The summed E-state index contributed by atoms with van der Waals surface area (Å²) >= 11 is 1.63. The zero-order valence-corrected chi connectivity index (χ0v) is 14.1. The minimum absolute atomic E-state index is 0.135. The van der Waals surface area contributed by atoms with E-state index in [1.165, 1.54) is 34.3 Å². The molecule has 0 amide bonds. The minimum Gasteiger partial charge on any atom is -0.267 e. The molecule has 0 spiro atoms. The molecule has 24 heavy (non-hydrogen) atoms. The molecular formula is C18H16FN3OS. The van der Waals surface area contributed by atoms with Crippen LogP contribution in [0.2, 0.25) is 0 Å². The average Bonchev–Trinajstić information content (AvgIpc) is 2.92. The molecule has 0 aliphatic heterocycles. The van der Waals surface area contributed by atoms with Gasteiger partial charge < -0.3 is 0 Å². The minimum atomic E-state index is -0.330.